The molecule has 1 aromatic carbocycles. The number of nitrogens with zero attached hydrogens (tertiary/aromatic N) is 6. The fourth-order valence-electron chi connectivity index (χ4n) is 2.49. The summed E-state index contributed by atoms with van der Waals surface area (Å²) >= 11 is 0. The standard InChI is InChI=1S/C17H23N6.C3H6O3/c1-6-23(7-2)15-8-9-16(13(3)10-15)19-20-17-14(11-18)12-21(4)22(17)5;1-2(4)3(5)6/h8-10,12H,6-7H2,1-5H3;2,4H,1H3,(H,5,6)/q+1;/p-1. The molecule has 9 heteroatoms. The van der Waals surface area contributed by atoms with Crippen LogP contribution in [-0.2, 0) is 18.9 Å². The van der Waals surface area contributed by atoms with Crippen LogP contribution >= 0.6 is 0 Å². The number of benzene rings is 1. The Balaban J connectivity index is 0.000000612. The lowest BCUT2D eigenvalue weighted by atomic mass is 10.1. The molecule has 156 valence electrons. The van der Waals surface area contributed by atoms with Crippen LogP contribution in [0.1, 0.15) is 31.9 Å². The quantitative estimate of drug-likeness (QED) is 0.580. The molecule has 0 spiro atoms. The van der Waals surface area contributed by atoms with E-state index < -0.39 is 12.1 Å². The van der Waals surface area contributed by atoms with Crippen molar-refractivity contribution in [1.82, 2.24) is 4.68 Å². The third-order valence-corrected chi connectivity index (χ3v) is 4.36. The first-order valence-corrected chi connectivity index (χ1v) is 9.28. The molecule has 2 aromatic rings. The van der Waals surface area contributed by atoms with Crippen molar-refractivity contribution in [2.45, 2.75) is 33.8 Å². The molecule has 0 saturated carbocycles. The highest BCUT2D eigenvalue weighted by Gasteiger charge is 2.16. The topological polar surface area (TPSA) is 121 Å². The Hall–Kier alpha value is -3.25. The Bertz CT molecular complexity index is 908. The molecule has 0 saturated heterocycles. The number of carbonyl (C=O) groups excluding carboxylic acids is 1. The summed E-state index contributed by atoms with van der Waals surface area (Å²) in [6, 6.07) is 8.30. The maximum atomic E-state index is 9.34. The van der Waals surface area contributed by atoms with Crippen molar-refractivity contribution >= 4 is 23.2 Å². The van der Waals surface area contributed by atoms with Gasteiger partial charge in [-0.3, -0.25) is 0 Å². The zero-order chi connectivity index (χ0) is 22.1. The number of azo groups is 1. The van der Waals surface area contributed by atoms with Crippen LogP contribution in [0.2, 0.25) is 0 Å². The first-order valence-electron chi connectivity index (χ1n) is 9.28. The van der Waals surface area contributed by atoms with E-state index in [0.717, 1.165) is 31.3 Å². The van der Waals surface area contributed by atoms with E-state index in [1.54, 1.807) is 10.9 Å². The number of carboxylic acid groups (broad SMARTS) is 1. The molecular weight excluding hydrogens is 372 g/mol. The molecule has 1 N–H and O–H groups in total. The maximum Gasteiger partial charge on any atom is 0.232 e. The zero-order valence-electron chi connectivity index (χ0n) is 17.7. The van der Waals surface area contributed by atoms with Gasteiger partial charge in [0.1, 0.15) is 6.07 Å². The first-order chi connectivity index (χ1) is 13.7. The number of hydrogen-bond acceptors (Lipinski definition) is 7. The smallest absolute Gasteiger partial charge is 0.232 e. The molecule has 0 amide bonds. The average Bonchev–Trinajstić information content (AvgIpc) is 2.96. The molecular formula is C20H28N6O3. The van der Waals surface area contributed by atoms with Gasteiger partial charge >= 0.3 is 0 Å². The van der Waals surface area contributed by atoms with Gasteiger partial charge in [-0.25, -0.2) is 0 Å². The molecule has 1 aromatic heterocycles. The second kappa shape index (κ2) is 10.9. The van der Waals surface area contributed by atoms with Crippen LogP contribution in [0.15, 0.2) is 34.6 Å². The van der Waals surface area contributed by atoms with Crippen molar-refractivity contribution in [3.63, 3.8) is 0 Å². The van der Waals surface area contributed by atoms with Gasteiger partial charge in [-0.1, -0.05) is 0 Å². The lowest BCUT2D eigenvalue weighted by Gasteiger charge is -2.21. The summed E-state index contributed by atoms with van der Waals surface area (Å²) in [6.45, 7) is 9.40. The molecule has 0 fully saturated rings. The fraction of sp³-hybridized carbons (Fsp3) is 0.450. The van der Waals surface area contributed by atoms with E-state index in [1.165, 1.54) is 5.69 Å². The largest absolute Gasteiger partial charge is 0.547 e. The summed E-state index contributed by atoms with van der Waals surface area (Å²) in [4.78, 5) is 11.6. The van der Waals surface area contributed by atoms with Crippen LogP contribution in [0, 0.1) is 18.3 Å². The van der Waals surface area contributed by atoms with E-state index in [-0.39, 0.29) is 0 Å². The summed E-state index contributed by atoms with van der Waals surface area (Å²) in [5.74, 6) is -0.878. The van der Waals surface area contributed by atoms with Gasteiger partial charge in [-0.05, 0) is 51.5 Å². The SMILES string of the molecule is CC(O)C(=O)[O-].CCN(CC)c1ccc(N=Nc2c(C#N)c[n+](C)n2C)c(C)c1. The second-order valence-electron chi connectivity index (χ2n) is 6.41. The monoisotopic (exact) mass is 400 g/mol. The van der Waals surface area contributed by atoms with Gasteiger partial charge in [0.15, 0.2) is 12.6 Å². The number of aryl methyl sites for hydroxylation is 2. The van der Waals surface area contributed by atoms with E-state index >= 15 is 0 Å². The van der Waals surface area contributed by atoms with Crippen LogP contribution in [0.4, 0.5) is 17.2 Å². The highest BCUT2D eigenvalue weighted by atomic mass is 16.4. The minimum absolute atomic E-state index is 0.510. The number of anilines is 1. The van der Waals surface area contributed by atoms with Crippen LogP contribution < -0.4 is 14.7 Å². The molecule has 1 unspecified atom stereocenters. The van der Waals surface area contributed by atoms with Gasteiger partial charge in [0.2, 0.25) is 12.0 Å². The molecule has 2 rings (SSSR count). The van der Waals surface area contributed by atoms with E-state index in [1.807, 2.05) is 31.8 Å². The van der Waals surface area contributed by atoms with E-state index in [4.69, 9.17) is 5.11 Å². The van der Waals surface area contributed by atoms with Crippen molar-refractivity contribution < 1.29 is 19.7 Å². The van der Waals surface area contributed by atoms with Gasteiger partial charge in [0.05, 0.1) is 24.8 Å². The molecule has 1 heterocycles. The number of carbonyl (C=O) groups is 1. The fourth-order valence-corrected chi connectivity index (χ4v) is 2.49. The first kappa shape index (κ1) is 23.8. The van der Waals surface area contributed by atoms with Gasteiger partial charge in [0, 0.05) is 18.8 Å². The van der Waals surface area contributed by atoms with Gasteiger partial charge in [-0.15, -0.1) is 19.6 Å². The molecule has 9 nitrogen and oxygen atoms in total. The predicted molar refractivity (Wildman–Crippen MR) is 107 cm³/mol. The number of aliphatic hydroxyl groups excluding tert-OH is 1. The van der Waals surface area contributed by atoms with E-state index in [2.05, 4.69) is 47.2 Å². The number of aromatic nitrogens is 2. The van der Waals surface area contributed by atoms with Crippen molar-refractivity contribution in [2.75, 3.05) is 18.0 Å². The minimum atomic E-state index is -1.44. The van der Waals surface area contributed by atoms with Crippen molar-refractivity contribution in [1.29, 1.82) is 5.26 Å². The Morgan fingerprint density at radius 1 is 1.38 bits per heavy atom. The summed E-state index contributed by atoms with van der Waals surface area (Å²) < 4.78 is 3.60. The van der Waals surface area contributed by atoms with Crippen molar-refractivity contribution in [2.24, 2.45) is 24.3 Å². The molecule has 0 aliphatic heterocycles. The van der Waals surface area contributed by atoms with Gasteiger partial charge in [0.25, 0.3) is 0 Å². The van der Waals surface area contributed by atoms with Crippen LogP contribution in [0.3, 0.4) is 0 Å². The molecule has 0 aliphatic carbocycles. The summed E-state index contributed by atoms with van der Waals surface area (Å²) in [7, 11) is 3.72. The van der Waals surface area contributed by atoms with Crippen LogP contribution in [0.5, 0.6) is 0 Å². The molecule has 0 bridgehead atoms. The molecule has 1 atom stereocenters. The minimum Gasteiger partial charge on any atom is -0.547 e. The van der Waals surface area contributed by atoms with E-state index in [9.17, 15) is 15.2 Å². The predicted octanol–water partition coefficient (Wildman–Crippen LogP) is 1.41. The number of aliphatic carboxylic acids is 1. The van der Waals surface area contributed by atoms with Crippen molar-refractivity contribution in [3.8, 4) is 6.07 Å². The van der Waals surface area contributed by atoms with E-state index in [0.29, 0.717) is 11.4 Å². The maximum absolute atomic E-state index is 9.34. The third kappa shape index (κ3) is 6.40. The number of hydrogen-bond donors (Lipinski definition) is 1. The Morgan fingerprint density at radius 3 is 2.41 bits per heavy atom. The zero-order valence-corrected chi connectivity index (χ0v) is 17.7. The lowest BCUT2D eigenvalue weighted by Crippen LogP contribution is -2.35. The molecule has 29 heavy (non-hydrogen) atoms. The summed E-state index contributed by atoms with van der Waals surface area (Å²) in [6.07, 6.45) is 0.398. The molecule has 0 radical (unpaired) electrons. The Kier molecular flexibility index (Phi) is 8.96. The van der Waals surface area contributed by atoms with Crippen LogP contribution in [-0.4, -0.2) is 35.0 Å². The number of nitriles is 1. The number of carboxylic acids is 1. The summed E-state index contributed by atoms with van der Waals surface area (Å²) in [5, 5.41) is 35.1. The highest BCUT2D eigenvalue weighted by Crippen LogP contribution is 2.27. The number of aliphatic hydroxyl groups is 1. The van der Waals surface area contributed by atoms with Gasteiger partial charge in [-0.2, -0.15) is 5.26 Å². The Labute approximate surface area is 171 Å². The normalized spacial score (nSPS) is 11.5. The summed E-state index contributed by atoms with van der Waals surface area (Å²) in [5.41, 5.74) is 3.58. The van der Waals surface area contributed by atoms with Crippen LogP contribution in [0.25, 0.3) is 0 Å². The lowest BCUT2D eigenvalue weighted by molar-refractivity contribution is -0.750. The second-order valence-corrected chi connectivity index (χ2v) is 6.41. The van der Waals surface area contributed by atoms with Crippen molar-refractivity contribution in [3.05, 3.63) is 35.5 Å². The highest BCUT2D eigenvalue weighted by molar-refractivity contribution is 5.68. The van der Waals surface area contributed by atoms with Gasteiger partial charge < -0.3 is 19.9 Å². The molecule has 0 aliphatic rings. The Morgan fingerprint density at radius 2 is 1.97 bits per heavy atom. The average molecular weight is 400 g/mol. The third-order valence-electron chi connectivity index (χ3n) is 4.36. The number of rotatable bonds is 6.